The molecule has 0 fully saturated rings. The van der Waals surface area contributed by atoms with Gasteiger partial charge in [-0.05, 0) is 18.6 Å². The number of halogens is 2. The van der Waals surface area contributed by atoms with Crippen LogP contribution in [-0.4, -0.2) is 9.61 Å². The molecule has 0 amide bonds. The van der Waals surface area contributed by atoms with E-state index in [1.54, 1.807) is 19.2 Å². The van der Waals surface area contributed by atoms with Gasteiger partial charge in [0.25, 0.3) is 0 Å². The minimum absolute atomic E-state index is 0.306. The van der Waals surface area contributed by atoms with Crippen LogP contribution in [0.25, 0.3) is 5.52 Å². The summed E-state index contributed by atoms with van der Waals surface area (Å²) in [6.07, 6.45) is 3.11. The molecular formula is C10H12ClFN2. The number of rotatable bonds is 0. The second-order valence-electron chi connectivity index (χ2n) is 2.60. The Kier molecular flexibility index (Phi) is 3.47. The summed E-state index contributed by atoms with van der Waals surface area (Å²) < 4.78 is 14.8. The molecule has 0 aromatic carbocycles. The highest BCUT2D eigenvalue weighted by Gasteiger charge is 2.08. The number of hydrogen-bond acceptors (Lipinski definition) is 1. The summed E-state index contributed by atoms with van der Waals surface area (Å²) in [5, 5.41) is 4.21. The van der Waals surface area contributed by atoms with Crippen LogP contribution in [-0.2, 0) is 0 Å². The summed E-state index contributed by atoms with van der Waals surface area (Å²) in [7, 11) is 0. The number of fused-ring (bicyclic) bond motifs is 1. The Morgan fingerprint density at radius 2 is 2.07 bits per heavy atom. The van der Waals surface area contributed by atoms with Gasteiger partial charge in [0.05, 0.1) is 11.2 Å². The Bertz CT molecular complexity index is 437. The van der Waals surface area contributed by atoms with Crippen LogP contribution in [0.2, 0.25) is 5.02 Å². The summed E-state index contributed by atoms with van der Waals surface area (Å²) in [5.41, 5.74) is 0.918. The van der Waals surface area contributed by atoms with Gasteiger partial charge in [-0.2, -0.15) is 5.10 Å². The van der Waals surface area contributed by atoms with Gasteiger partial charge in [-0.25, -0.2) is 8.91 Å². The summed E-state index contributed by atoms with van der Waals surface area (Å²) in [6.45, 7) is 5.69. The van der Waals surface area contributed by atoms with Crippen molar-refractivity contribution in [1.29, 1.82) is 0 Å². The fourth-order valence-corrected chi connectivity index (χ4v) is 1.32. The van der Waals surface area contributed by atoms with Crippen LogP contribution in [0.1, 0.15) is 19.4 Å². The SMILES string of the molecule is CC.Cc1ccn2ncc(Cl)c2c1F. The van der Waals surface area contributed by atoms with Gasteiger partial charge < -0.3 is 0 Å². The van der Waals surface area contributed by atoms with E-state index >= 15 is 0 Å². The fraction of sp³-hybridized carbons (Fsp3) is 0.300. The van der Waals surface area contributed by atoms with Gasteiger partial charge in [0.2, 0.25) is 0 Å². The predicted molar refractivity (Wildman–Crippen MR) is 56.2 cm³/mol. The molecule has 14 heavy (non-hydrogen) atoms. The largest absolute Gasteiger partial charge is 0.236 e. The van der Waals surface area contributed by atoms with Crippen molar-refractivity contribution in [1.82, 2.24) is 9.61 Å². The molecule has 0 spiro atoms. The van der Waals surface area contributed by atoms with Gasteiger partial charge in [0.1, 0.15) is 5.52 Å². The molecule has 0 aliphatic heterocycles. The van der Waals surface area contributed by atoms with Crippen LogP contribution in [0.4, 0.5) is 4.39 Å². The molecule has 2 aromatic rings. The first kappa shape index (κ1) is 11.0. The van der Waals surface area contributed by atoms with E-state index in [-0.39, 0.29) is 5.82 Å². The minimum atomic E-state index is -0.306. The number of pyridine rings is 1. The highest BCUT2D eigenvalue weighted by Crippen LogP contribution is 2.21. The van der Waals surface area contributed by atoms with E-state index in [9.17, 15) is 4.39 Å². The lowest BCUT2D eigenvalue weighted by molar-refractivity contribution is 0.621. The molecule has 0 aliphatic rings. The average molecular weight is 215 g/mol. The van der Waals surface area contributed by atoms with E-state index in [4.69, 9.17) is 11.6 Å². The van der Waals surface area contributed by atoms with Crippen molar-refractivity contribution in [2.24, 2.45) is 0 Å². The van der Waals surface area contributed by atoms with E-state index in [1.165, 1.54) is 10.7 Å². The average Bonchev–Trinajstić information content (AvgIpc) is 2.58. The zero-order valence-corrected chi connectivity index (χ0v) is 9.14. The zero-order valence-electron chi connectivity index (χ0n) is 8.38. The lowest BCUT2D eigenvalue weighted by Crippen LogP contribution is -1.91. The first-order chi connectivity index (χ1) is 6.70. The zero-order chi connectivity index (χ0) is 10.7. The van der Waals surface area contributed by atoms with Gasteiger partial charge >= 0.3 is 0 Å². The maximum atomic E-state index is 13.3. The summed E-state index contributed by atoms with van der Waals surface area (Å²) in [5.74, 6) is -0.306. The van der Waals surface area contributed by atoms with Crippen LogP contribution in [0.3, 0.4) is 0 Å². The second-order valence-corrected chi connectivity index (χ2v) is 3.01. The van der Waals surface area contributed by atoms with Crippen LogP contribution >= 0.6 is 11.6 Å². The van der Waals surface area contributed by atoms with E-state index in [0.29, 0.717) is 16.1 Å². The van der Waals surface area contributed by atoms with Gasteiger partial charge in [-0.15, -0.1) is 0 Å². The molecule has 0 aliphatic carbocycles. The molecule has 0 atom stereocenters. The van der Waals surface area contributed by atoms with Crippen molar-refractivity contribution in [3.05, 3.63) is 34.9 Å². The van der Waals surface area contributed by atoms with Crippen molar-refractivity contribution in [3.8, 4) is 0 Å². The van der Waals surface area contributed by atoms with Crippen molar-refractivity contribution >= 4 is 17.1 Å². The molecule has 2 heterocycles. The Morgan fingerprint density at radius 3 is 2.71 bits per heavy atom. The van der Waals surface area contributed by atoms with Gasteiger partial charge in [0.15, 0.2) is 5.82 Å². The van der Waals surface area contributed by atoms with E-state index in [1.807, 2.05) is 13.8 Å². The maximum absolute atomic E-state index is 13.3. The van der Waals surface area contributed by atoms with E-state index in [0.717, 1.165) is 0 Å². The molecule has 0 unspecified atom stereocenters. The molecule has 2 aromatic heterocycles. The molecule has 0 saturated heterocycles. The lowest BCUT2D eigenvalue weighted by Gasteiger charge is -1.98. The summed E-state index contributed by atoms with van der Waals surface area (Å²) >= 11 is 5.73. The van der Waals surface area contributed by atoms with Crippen LogP contribution in [0.15, 0.2) is 18.5 Å². The van der Waals surface area contributed by atoms with Crippen molar-refractivity contribution in [3.63, 3.8) is 0 Å². The molecule has 4 heteroatoms. The van der Waals surface area contributed by atoms with Crippen molar-refractivity contribution in [2.45, 2.75) is 20.8 Å². The topological polar surface area (TPSA) is 17.3 Å². The van der Waals surface area contributed by atoms with Crippen molar-refractivity contribution in [2.75, 3.05) is 0 Å². The van der Waals surface area contributed by atoms with Gasteiger partial charge in [0, 0.05) is 6.20 Å². The number of nitrogens with zero attached hydrogens (tertiary/aromatic N) is 2. The van der Waals surface area contributed by atoms with Crippen LogP contribution < -0.4 is 0 Å². The Balaban J connectivity index is 0.000000461. The van der Waals surface area contributed by atoms with Gasteiger partial charge in [-0.1, -0.05) is 25.4 Å². The molecule has 0 N–H and O–H groups in total. The Labute approximate surface area is 87.3 Å². The Hall–Kier alpha value is -1.09. The lowest BCUT2D eigenvalue weighted by atomic mass is 10.2. The van der Waals surface area contributed by atoms with Gasteiger partial charge in [-0.3, -0.25) is 0 Å². The predicted octanol–water partition coefficient (Wildman–Crippen LogP) is 3.46. The highest BCUT2D eigenvalue weighted by atomic mass is 35.5. The monoisotopic (exact) mass is 214 g/mol. The normalized spacial score (nSPS) is 9.79. The first-order valence-electron chi connectivity index (χ1n) is 4.48. The highest BCUT2D eigenvalue weighted by molar-refractivity contribution is 6.33. The molecule has 0 radical (unpaired) electrons. The first-order valence-corrected chi connectivity index (χ1v) is 4.86. The molecule has 0 saturated carbocycles. The second kappa shape index (κ2) is 4.42. The molecule has 76 valence electrons. The third-order valence-electron chi connectivity index (χ3n) is 1.77. The molecule has 2 nitrogen and oxygen atoms in total. The standard InChI is InChI=1S/C8H6ClFN2.C2H6/c1-5-2-3-12-8(7(5)10)6(9)4-11-12;1-2/h2-4H,1H3;1-2H3. The number of aryl methyl sites for hydroxylation is 1. The summed E-state index contributed by atoms with van der Waals surface area (Å²) in [6, 6.07) is 1.66. The van der Waals surface area contributed by atoms with Crippen LogP contribution in [0, 0.1) is 12.7 Å². The molecule has 2 rings (SSSR count). The molecule has 0 bridgehead atoms. The number of hydrogen-bond donors (Lipinski definition) is 0. The number of aromatic nitrogens is 2. The maximum Gasteiger partial charge on any atom is 0.153 e. The minimum Gasteiger partial charge on any atom is -0.236 e. The van der Waals surface area contributed by atoms with Crippen LogP contribution in [0.5, 0.6) is 0 Å². The fourth-order valence-electron chi connectivity index (χ4n) is 1.10. The van der Waals surface area contributed by atoms with Crippen molar-refractivity contribution < 1.29 is 4.39 Å². The third-order valence-corrected chi connectivity index (χ3v) is 2.05. The molecular weight excluding hydrogens is 203 g/mol. The summed E-state index contributed by atoms with van der Waals surface area (Å²) in [4.78, 5) is 0. The van der Waals surface area contributed by atoms with E-state index in [2.05, 4.69) is 5.10 Å². The third kappa shape index (κ3) is 1.73. The Morgan fingerprint density at radius 1 is 1.43 bits per heavy atom. The quantitative estimate of drug-likeness (QED) is 0.657. The van der Waals surface area contributed by atoms with E-state index < -0.39 is 0 Å². The smallest absolute Gasteiger partial charge is 0.153 e.